The summed E-state index contributed by atoms with van der Waals surface area (Å²) < 4.78 is 0. The first-order valence-electron chi connectivity index (χ1n) is 9.95. The van der Waals surface area contributed by atoms with Gasteiger partial charge in [-0.1, -0.05) is 60.7 Å². The van der Waals surface area contributed by atoms with E-state index in [2.05, 4.69) is 22.8 Å². The highest BCUT2D eigenvalue weighted by molar-refractivity contribution is 5.81. The number of piperidine rings is 1. The van der Waals surface area contributed by atoms with Crippen LogP contribution in [0.1, 0.15) is 37.3 Å². The number of rotatable bonds is 5. The third kappa shape index (κ3) is 5.35. The molecule has 1 fully saturated rings. The second-order valence-corrected chi connectivity index (χ2v) is 7.75. The van der Waals surface area contributed by atoms with Crippen LogP contribution >= 0.6 is 0 Å². The second-order valence-electron chi connectivity index (χ2n) is 7.75. The van der Waals surface area contributed by atoms with Gasteiger partial charge in [-0.05, 0) is 31.4 Å². The highest BCUT2D eigenvalue weighted by Gasteiger charge is 2.34. The Bertz CT molecular complexity index is 777. The predicted molar refractivity (Wildman–Crippen MR) is 111 cm³/mol. The van der Waals surface area contributed by atoms with Crippen molar-refractivity contribution in [2.24, 2.45) is 5.92 Å². The molecular weight excluding hydrogens is 350 g/mol. The molecule has 1 aliphatic heterocycles. The number of urea groups is 1. The van der Waals surface area contributed by atoms with Crippen LogP contribution in [-0.4, -0.2) is 36.0 Å². The van der Waals surface area contributed by atoms with E-state index >= 15 is 0 Å². The minimum absolute atomic E-state index is 0.00633. The maximum absolute atomic E-state index is 12.9. The van der Waals surface area contributed by atoms with E-state index < -0.39 is 0 Å². The van der Waals surface area contributed by atoms with Crippen molar-refractivity contribution in [1.29, 1.82) is 0 Å². The maximum atomic E-state index is 12.9. The van der Waals surface area contributed by atoms with Crippen LogP contribution in [0.25, 0.3) is 0 Å². The van der Waals surface area contributed by atoms with Crippen molar-refractivity contribution in [2.45, 2.75) is 38.8 Å². The van der Waals surface area contributed by atoms with E-state index in [9.17, 15) is 9.59 Å². The smallest absolute Gasteiger partial charge is 0.317 e. The van der Waals surface area contributed by atoms with Crippen molar-refractivity contribution in [3.05, 3.63) is 71.8 Å². The summed E-state index contributed by atoms with van der Waals surface area (Å²) in [6.45, 7) is 5.47. The lowest BCUT2D eigenvalue weighted by Gasteiger charge is -2.37. The number of amides is 3. The zero-order valence-corrected chi connectivity index (χ0v) is 16.6. The third-order valence-corrected chi connectivity index (χ3v) is 5.10. The molecule has 0 spiro atoms. The molecule has 0 saturated carbocycles. The van der Waals surface area contributed by atoms with Gasteiger partial charge >= 0.3 is 6.03 Å². The van der Waals surface area contributed by atoms with E-state index in [0.717, 1.165) is 12.0 Å². The number of benzene rings is 2. The van der Waals surface area contributed by atoms with Gasteiger partial charge in [-0.2, -0.15) is 0 Å². The molecule has 28 heavy (non-hydrogen) atoms. The van der Waals surface area contributed by atoms with Gasteiger partial charge in [0, 0.05) is 31.6 Å². The Morgan fingerprint density at radius 2 is 1.64 bits per heavy atom. The van der Waals surface area contributed by atoms with Crippen LogP contribution in [0.3, 0.4) is 0 Å². The summed E-state index contributed by atoms with van der Waals surface area (Å²) in [5.74, 6) is -0.0623. The van der Waals surface area contributed by atoms with Gasteiger partial charge in [-0.25, -0.2) is 4.79 Å². The summed E-state index contributed by atoms with van der Waals surface area (Å²) in [5, 5.41) is 6.00. The van der Waals surface area contributed by atoms with Crippen LogP contribution < -0.4 is 10.6 Å². The normalized spacial score (nSPS) is 19.3. The van der Waals surface area contributed by atoms with Gasteiger partial charge < -0.3 is 15.5 Å². The SMILES string of the molecule is CC(C)NC(=O)N1C[C@H](C(=O)NCc2ccccc2)C[C@@H](c2ccccc2)C1. The van der Waals surface area contributed by atoms with Crippen molar-refractivity contribution in [3.8, 4) is 0 Å². The van der Waals surface area contributed by atoms with Gasteiger partial charge in [0.1, 0.15) is 0 Å². The standard InChI is InChI=1S/C23H29N3O2/c1-17(2)25-23(28)26-15-20(19-11-7-4-8-12-19)13-21(16-26)22(27)24-14-18-9-5-3-6-10-18/h3-12,17,20-21H,13-16H2,1-2H3,(H,24,27)(H,25,28)/t20-,21-/m1/s1. The summed E-state index contributed by atoms with van der Waals surface area (Å²) in [6, 6.07) is 20.0. The van der Waals surface area contributed by atoms with Crippen LogP contribution in [0.4, 0.5) is 4.79 Å². The van der Waals surface area contributed by atoms with Crippen molar-refractivity contribution >= 4 is 11.9 Å². The molecule has 3 amide bonds. The molecule has 1 saturated heterocycles. The monoisotopic (exact) mass is 379 g/mol. The Morgan fingerprint density at radius 3 is 2.29 bits per heavy atom. The van der Waals surface area contributed by atoms with Crippen LogP contribution in [0.15, 0.2) is 60.7 Å². The maximum Gasteiger partial charge on any atom is 0.317 e. The molecule has 5 nitrogen and oxygen atoms in total. The van der Waals surface area contributed by atoms with Gasteiger partial charge in [0.15, 0.2) is 0 Å². The molecule has 0 radical (unpaired) electrons. The van der Waals surface area contributed by atoms with Crippen molar-refractivity contribution < 1.29 is 9.59 Å². The quantitative estimate of drug-likeness (QED) is 0.835. The Labute approximate surface area is 167 Å². The van der Waals surface area contributed by atoms with E-state index in [1.165, 1.54) is 5.56 Å². The van der Waals surface area contributed by atoms with Crippen molar-refractivity contribution in [3.63, 3.8) is 0 Å². The summed E-state index contributed by atoms with van der Waals surface area (Å²) >= 11 is 0. The van der Waals surface area contributed by atoms with E-state index in [1.54, 1.807) is 4.90 Å². The van der Waals surface area contributed by atoms with E-state index in [4.69, 9.17) is 0 Å². The van der Waals surface area contributed by atoms with Crippen molar-refractivity contribution in [2.75, 3.05) is 13.1 Å². The zero-order chi connectivity index (χ0) is 19.9. The molecule has 2 atom stereocenters. The molecule has 148 valence electrons. The fourth-order valence-electron chi connectivity index (χ4n) is 3.69. The average molecular weight is 380 g/mol. The number of carbonyl (C=O) groups excluding carboxylic acids is 2. The molecule has 1 heterocycles. The molecule has 2 aromatic rings. The molecule has 1 aliphatic rings. The number of nitrogens with one attached hydrogen (secondary N) is 2. The first-order valence-corrected chi connectivity index (χ1v) is 9.95. The van der Waals surface area contributed by atoms with Gasteiger partial charge in [0.25, 0.3) is 0 Å². The Morgan fingerprint density at radius 1 is 1.00 bits per heavy atom. The van der Waals surface area contributed by atoms with Gasteiger partial charge in [-0.15, -0.1) is 0 Å². The van der Waals surface area contributed by atoms with Crippen LogP contribution in [-0.2, 0) is 11.3 Å². The Kier molecular flexibility index (Phi) is 6.69. The van der Waals surface area contributed by atoms with E-state index in [0.29, 0.717) is 19.6 Å². The minimum atomic E-state index is -0.222. The Hall–Kier alpha value is -2.82. The fourth-order valence-corrected chi connectivity index (χ4v) is 3.69. The van der Waals surface area contributed by atoms with Gasteiger partial charge in [0.2, 0.25) is 5.91 Å². The second kappa shape index (κ2) is 9.40. The summed E-state index contributed by atoms with van der Waals surface area (Å²) in [4.78, 5) is 27.3. The summed E-state index contributed by atoms with van der Waals surface area (Å²) in [6.07, 6.45) is 0.746. The minimum Gasteiger partial charge on any atom is -0.352 e. The fraction of sp³-hybridized carbons (Fsp3) is 0.391. The highest BCUT2D eigenvalue weighted by Crippen LogP contribution is 2.30. The first-order chi connectivity index (χ1) is 13.5. The molecular formula is C23H29N3O2. The summed E-state index contributed by atoms with van der Waals surface area (Å²) in [5.41, 5.74) is 2.24. The van der Waals surface area contributed by atoms with Gasteiger partial charge in [-0.3, -0.25) is 4.79 Å². The molecule has 0 bridgehead atoms. The van der Waals surface area contributed by atoms with Crippen molar-refractivity contribution in [1.82, 2.24) is 15.5 Å². The van der Waals surface area contributed by atoms with Crippen LogP contribution in [0, 0.1) is 5.92 Å². The lowest BCUT2D eigenvalue weighted by Crippen LogP contribution is -2.52. The molecule has 2 aromatic carbocycles. The first kappa shape index (κ1) is 19.9. The van der Waals surface area contributed by atoms with Crippen LogP contribution in [0.2, 0.25) is 0 Å². The predicted octanol–water partition coefficient (Wildman–Crippen LogP) is 3.53. The molecule has 0 aromatic heterocycles. The molecule has 0 aliphatic carbocycles. The van der Waals surface area contributed by atoms with Gasteiger partial charge in [0.05, 0.1) is 5.92 Å². The van der Waals surface area contributed by atoms with Crippen LogP contribution in [0.5, 0.6) is 0 Å². The number of hydrogen-bond acceptors (Lipinski definition) is 2. The third-order valence-electron chi connectivity index (χ3n) is 5.10. The molecule has 3 rings (SSSR count). The van der Waals surface area contributed by atoms with E-state index in [1.807, 2.05) is 62.4 Å². The molecule has 5 heteroatoms. The lowest BCUT2D eigenvalue weighted by atomic mass is 9.84. The lowest BCUT2D eigenvalue weighted by molar-refractivity contribution is -0.126. The average Bonchev–Trinajstić information content (AvgIpc) is 2.72. The largest absolute Gasteiger partial charge is 0.352 e. The Balaban J connectivity index is 1.71. The van der Waals surface area contributed by atoms with E-state index in [-0.39, 0.29) is 29.8 Å². The number of nitrogens with zero attached hydrogens (tertiary/aromatic N) is 1. The zero-order valence-electron chi connectivity index (χ0n) is 16.6. The topological polar surface area (TPSA) is 61.4 Å². The number of likely N-dealkylation sites (tertiary alicyclic amines) is 1. The highest BCUT2D eigenvalue weighted by atomic mass is 16.2. The number of hydrogen-bond donors (Lipinski definition) is 2. The molecule has 2 N–H and O–H groups in total. The summed E-state index contributed by atoms with van der Waals surface area (Å²) in [7, 11) is 0. The molecule has 0 unspecified atom stereocenters. The number of carbonyl (C=O) groups is 2.